The summed E-state index contributed by atoms with van der Waals surface area (Å²) in [4.78, 5) is 6.88. The Morgan fingerprint density at radius 2 is 2.40 bits per heavy atom. The average molecular weight is 205 g/mol. The van der Waals surface area contributed by atoms with Crippen molar-refractivity contribution < 1.29 is 0 Å². The second-order valence-corrected chi connectivity index (χ2v) is 4.13. The van der Waals surface area contributed by atoms with Crippen LogP contribution in [0, 0.1) is 6.92 Å². The summed E-state index contributed by atoms with van der Waals surface area (Å²) in [6.45, 7) is 7.52. The number of nitrogens with one attached hydrogen (secondary N) is 1. The summed E-state index contributed by atoms with van der Waals surface area (Å²) in [5.41, 5.74) is 1.22. The first-order chi connectivity index (χ1) is 7.31. The number of likely N-dealkylation sites (N-methyl/N-ethyl adjacent to an activating group) is 1. The van der Waals surface area contributed by atoms with Gasteiger partial charge in [-0.2, -0.15) is 0 Å². The van der Waals surface area contributed by atoms with Crippen molar-refractivity contribution in [1.82, 2.24) is 10.3 Å². The summed E-state index contributed by atoms with van der Waals surface area (Å²) < 4.78 is 0. The zero-order chi connectivity index (χ0) is 10.7. The van der Waals surface area contributed by atoms with Crippen LogP contribution in [0.2, 0.25) is 0 Å². The van der Waals surface area contributed by atoms with Gasteiger partial charge in [0.2, 0.25) is 0 Å². The van der Waals surface area contributed by atoms with E-state index in [2.05, 4.69) is 41.2 Å². The van der Waals surface area contributed by atoms with Crippen LogP contribution in [0.3, 0.4) is 0 Å². The van der Waals surface area contributed by atoms with E-state index in [9.17, 15) is 0 Å². The number of hydrogen-bond acceptors (Lipinski definition) is 3. The van der Waals surface area contributed by atoms with E-state index in [4.69, 9.17) is 0 Å². The molecule has 0 aliphatic carbocycles. The van der Waals surface area contributed by atoms with Crippen LogP contribution in [0.5, 0.6) is 0 Å². The van der Waals surface area contributed by atoms with Gasteiger partial charge in [0.05, 0.1) is 0 Å². The maximum absolute atomic E-state index is 4.49. The Labute approximate surface area is 91.5 Å². The molecule has 0 saturated carbocycles. The quantitative estimate of drug-likeness (QED) is 0.812. The number of nitrogens with zero attached hydrogens (tertiary/aromatic N) is 2. The molecule has 0 aromatic carbocycles. The summed E-state index contributed by atoms with van der Waals surface area (Å²) in [6, 6.07) is 4.87. The van der Waals surface area contributed by atoms with Gasteiger partial charge in [0.15, 0.2) is 0 Å². The summed E-state index contributed by atoms with van der Waals surface area (Å²) >= 11 is 0. The molecule has 15 heavy (non-hydrogen) atoms. The monoisotopic (exact) mass is 205 g/mol. The Morgan fingerprint density at radius 1 is 1.53 bits per heavy atom. The number of aryl methyl sites for hydroxylation is 1. The van der Waals surface area contributed by atoms with Gasteiger partial charge in [-0.15, -0.1) is 0 Å². The molecular formula is C12H19N3. The van der Waals surface area contributed by atoms with Crippen LogP contribution in [-0.2, 0) is 0 Å². The fourth-order valence-corrected chi connectivity index (χ4v) is 2.14. The minimum absolute atomic E-state index is 0.616. The smallest absolute Gasteiger partial charge is 0.128 e. The lowest BCUT2D eigenvalue weighted by Gasteiger charge is -2.28. The van der Waals surface area contributed by atoms with Crippen molar-refractivity contribution in [3.05, 3.63) is 23.9 Å². The van der Waals surface area contributed by atoms with Gasteiger partial charge in [-0.1, -0.05) is 6.07 Å². The highest BCUT2D eigenvalue weighted by Crippen LogP contribution is 2.17. The summed E-state index contributed by atoms with van der Waals surface area (Å²) in [5, 5.41) is 3.40. The van der Waals surface area contributed by atoms with E-state index >= 15 is 0 Å². The Hall–Kier alpha value is -1.09. The van der Waals surface area contributed by atoms with E-state index in [1.807, 2.05) is 6.20 Å². The van der Waals surface area contributed by atoms with Crippen molar-refractivity contribution in [2.24, 2.45) is 0 Å². The Bertz CT molecular complexity index is 301. The fourth-order valence-electron chi connectivity index (χ4n) is 2.14. The first-order valence-electron chi connectivity index (χ1n) is 5.71. The van der Waals surface area contributed by atoms with Crippen LogP contribution >= 0.6 is 0 Å². The molecule has 1 aromatic rings. The Kier molecular flexibility index (Phi) is 3.21. The van der Waals surface area contributed by atoms with Crippen LogP contribution < -0.4 is 10.2 Å². The predicted octanol–water partition coefficient (Wildman–Crippen LogP) is 1.58. The van der Waals surface area contributed by atoms with Gasteiger partial charge in [0.1, 0.15) is 5.82 Å². The molecule has 0 amide bonds. The first-order valence-corrected chi connectivity index (χ1v) is 5.71. The molecule has 1 fully saturated rings. The molecule has 3 nitrogen and oxygen atoms in total. The largest absolute Gasteiger partial charge is 0.353 e. The van der Waals surface area contributed by atoms with Crippen LogP contribution in [0.15, 0.2) is 18.3 Å². The lowest BCUT2D eigenvalue weighted by atomic mass is 10.2. The van der Waals surface area contributed by atoms with Gasteiger partial charge in [0.25, 0.3) is 0 Å². The first kappa shape index (κ1) is 10.4. The van der Waals surface area contributed by atoms with Crippen molar-refractivity contribution in [2.45, 2.75) is 26.3 Å². The van der Waals surface area contributed by atoms with Crippen LogP contribution in [0.25, 0.3) is 0 Å². The minimum Gasteiger partial charge on any atom is -0.353 e. The lowest BCUT2D eigenvalue weighted by Crippen LogP contribution is -2.37. The topological polar surface area (TPSA) is 28.2 Å². The molecule has 1 aliphatic rings. The molecule has 0 bridgehead atoms. The molecule has 2 heterocycles. The second kappa shape index (κ2) is 4.62. The van der Waals surface area contributed by atoms with Crippen molar-refractivity contribution in [2.75, 3.05) is 24.5 Å². The van der Waals surface area contributed by atoms with Crippen molar-refractivity contribution in [1.29, 1.82) is 0 Å². The van der Waals surface area contributed by atoms with E-state index in [0.717, 1.165) is 25.5 Å². The highest BCUT2D eigenvalue weighted by molar-refractivity contribution is 5.40. The predicted molar refractivity (Wildman–Crippen MR) is 63.3 cm³/mol. The Balaban J connectivity index is 2.14. The number of anilines is 1. The molecule has 1 aromatic heterocycles. The minimum atomic E-state index is 0.616. The van der Waals surface area contributed by atoms with E-state index in [1.165, 1.54) is 12.0 Å². The molecule has 1 unspecified atom stereocenters. The molecule has 2 rings (SSSR count). The van der Waals surface area contributed by atoms with E-state index in [0.29, 0.717) is 6.04 Å². The van der Waals surface area contributed by atoms with E-state index < -0.39 is 0 Å². The summed E-state index contributed by atoms with van der Waals surface area (Å²) in [6.07, 6.45) is 3.17. The van der Waals surface area contributed by atoms with Gasteiger partial charge >= 0.3 is 0 Å². The van der Waals surface area contributed by atoms with Gasteiger partial charge in [-0.3, -0.25) is 0 Å². The highest BCUT2D eigenvalue weighted by Gasteiger charge is 2.21. The standard InChI is InChI=1S/C12H19N3/c1-3-15(11-6-7-13-9-11)12-5-4-10(2)8-14-12/h4-5,8,11,13H,3,6-7,9H2,1-2H3. The molecular weight excluding hydrogens is 186 g/mol. The average Bonchev–Trinajstić information content (AvgIpc) is 2.75. The highest BCUT2D eigenvalue weighted by atomic mass is 15.2. The van der Waals surface area contributed by atoms with E-state index in [-0.39, 0.29) is 0 Å². The van der Waals surface area contributed by atoms with Gasteiger partial charge in [-0.05, 0) is 38.4 Å². The number of pyridine rings is 1. The number of hydrogen-bond donors (Lipinski definition) is 1. The molecule has 1 atom stereocenters. The third-order valence-electron chi connectivity index (χ3n) is 3.01. The second-order valence-electron chi connectivity index (χ2n) is 4.13. The zero-order valence-corrected chi connectivity index (χ0v) is 9.53. The molecule has 1 N–H and O–H groups in total. The van der Waals surface area contributed by atoms with Crippen LogP contribution in [-0.4, -0.2) is 30.7 Å². The van der Waals surface area contributed by atoms with Gasteiger partial charge in [-0.25, -0.2) is 4.98 Å². The van der Waals surface area contributed by atoms with Crippen molar-refractivity contribution >= 4 is 5.82 Å². The lowest BCUT2D eigenvalue weighted by molar-refractivity contribution is 0.640. The van der Waals surface area contributed by atoms with E-state index in [1.54, 1.807) is 0 Å². The van der Waals surface area contributed by atoms with Crippen molar-refractivity contribution in [3.63, 3.8) is 0 Å². The molecule has 1 aliphatic heterocycles. The summed E-state index contributed by atoms with van der Waals surface area (Å²) in [7, 11) is 0. The van der Waals surface area contributed by atoms with Crippen LogP contribution in [0.4, 0.5) is 5.82 Å². The van der Waals surface area contributed by atoms with Gasteiger partial charge in [0, 0.05) is 25.3 Å². The molecule has 0 spiro atoms. The zero-order valence-electron chi connectivity index (χ0n) is 9.53. The number of aromatic nitrogens is 1. The fraction of sp³-hybridized carbons (Fsp3) is 0.583. The molecule has 3 heteroatoms. The maximum Gasteiger partial charge on any atom is 0.128 e. The molecule has 82 valence electrons. The molecule has 1 saturated heterocycles. The van der Waals surface area contributed by atoms with Gasteiger partial charge < -0.3 is 10.2 Å². The van der Waals surface area contributed by atoms with Crippen molar-refractivity contribution in [3.8, 4) is 0 Å². The maximum atomic E-state index is 4.49. The Morgan fingerprint density at radius 3 is 2.93 bits per heavy atom. The molecule has 0 radical (unpaired) electrons. The van der Waals surface area contributed by atoms with Crippen LogP contribution in [0.1, 0.15) is 18.9 Å². The normalized spacial score (nSPS) is 20.5. The number of rotatable bonds is 3. The third-order valence-corrected chi connectivity index (χ3v) is 3.01. The third kappa shape index (κ3) is 2.29. The SMILES string of the molecule is CCN(c1ccc(C)cn1)C1CCNC1. The summed E-state index contributed by atoms with van der Waals surface area (Å²) in [5.74, 6) is 1.11.